The molecule has 0 aliphatic carbocycles. The largest absolute Gasteiger partial charge is 0.394 e. The topological polar surface area (TPSA) is 107 Å². The van der Waals surface area contributed by atoms with Gasteiger partial charge in [0.05, 0.1) is 30.4 Å². The molecule has 0 saturated carbocycles. The van der Waals surface area contributed by atoms with Crippen LogP contribution in [0.3, 0.4) is 0 Å². The number of nitrogens with zero attached hydrogens (tertiary/aromatic N) is 1. The lowest BCUT2D eigenvalue weighted by atomic mass is 9.95. The van der Waals surface area contributed by atoms with E-state index in [4.69, 9.17) is 0 Å². The molecule has 7 nitrogen and oxygen atoms in total. The fourth-order valence-corrected chi connectivity index (χ4v) is 4.15. The summed E-state index contributed by atoms with van der Waals surface area (Å²) in [4.78, 5) is 28.7. The van der Waals surface area contributed by atoms with Gasteiger partial charge in [-0.3, -0.25) is 14.9 Å². The summed E-state index contributed by atoms with van der Waals surface area (Å²) in [5.74, 6) is -1.60. The first kappa shape index (κ1) is 19.2. The Labute approximate surface area is 175 Å². The Balaban J connectivity index is 1.80. The molecule has 1 atom stereocenters. The van der Waals surface area contributed by atoms with Gasteiger partial charge < -0.3 is 19.8 Å². The van der Waals surface area contributed by atoms with E-state index in [0.717, 1.165) is 10.9 Å². The van der Waals surface area contributed by atoms with Crippen LogP contribution in [0.2, 0.25) is 0 Å². The Morgan fingerprint density at radius 1 is 1.00 bits per heavy atom. The van der Waals surface area contributed by atoms with Gasteiger partial charge in [0.1, 0.15) is 5.82 Å². The number of halogens is 1. The van der Waals surface area contributed by atoms with E-state index in [1.165, 1.54) is 12.1 Å². The number of fused-ring (bicyclic) bond motifs is 2. The Kier molecular flexibility index (Phi) is 4.46. The molecule has 0 radical (unpaired) electrons. The molecule has 2 aromatic heterocycles. The minimum absolute atomic E-state index is 0.0455. The molecule has 0 saturated heterocycles. The van der Waals surface area contributed by atoms with E-state index in [9.17, 15) is 24.2 Å². The summed E-state index contributed by atoms with van der Waals surface area (Å²) in [7, 11) is 0. The summed E-state index contributed by atoms with van der Waals surface area (Å²) in [6, 6.07) is 11.5. The van der Waals surface area contributed by atoms with E-state index in [1.54, 1.807) is 23.0 Å². The number of benzene rings is 2. The number of carbonyl (C=O) groups is 2. The van der Waals surface area contributed by atoms with Crippen LogP contribution in [0.25, 0.3) is 33.0 Å². The Hall–Kier alpha value is -3.75. The predicted molar refractivity (Wildman–Crippen MR) is 113 cm³/mol. The van der Waals surface area contributed by atoms with Gasteiger partial charge in [0, 0.05) is 45.3 Å². The maximum atomic E-state index is 14.1. The monoisotopic (exact) mass is 419 g/mol. The number of aromatic nitrogens is 2. The first-order valence-corrected chi connectivity index (χ1v) is 9.72. The van der Waals surface area contributed by atoms with Gasteiger partial charge in [-0.15, -0.1) is 0 Å². The van der Waals surface area contributed by atoms with Crippen molar-refractivity contribution in [1.29, 1.82) is 0 Å². The van der Waals surface area contributed by atoms with Crippen molar-refractivity contribution in [3.05, 3.63) is 71.8 Å². The van der Waals surface area contributed by atoms with Gasteiger partial charge >= 0.3 is 0 Å². The second kappa shape index (κ2) is 7.19. The average Bonchev–Trinajstić information content (AvgIpc) is 3.41. The SMILES string of the molecule is O=C1NC(=O)C(c2cn(CC(O)CO)c3ccc(F)cc23)=C1c1c[nH]c2ccccc12. The van der Waals surface area contributed by atoms with Crippen molar-refractivity contribution in [3.8, 4) is 0 Å². The summed E-state index contributed by atoms with van der Waals surface area (Å²) in [5.41, 5.74) is 2.68. The fraction of sp³-hybridized carbons (Fsp3) is 0.130. The molecule has 1 aliphatic rings. The van der Waals surface area contributed by atoms with E-state index in [0.29, 0.717) is 22.0 Å². The van der Waals surface area contributed by atoms with Crippen LogP contribution in [-0.4, -0.2) is 44.3 Å². The molecular weight excluding hydrogens is 401 g/mol. The molecule has 5 rings (SSSR count). The Morgan fingerprint density at radius 2 is 1.74 bits per heavy atom. The van der Waals surface area contributed by atoms with Gasteiger partial charge in [0.15, 0.2) is 0 Å². The molecule has 4 aromatic rings. The standard InChI is InChI=1S/C23H18FN3O4/c24-12-5-6-19-15(7-12)17(10-27(19)9-13(29)11-28)21-20(22(30)26-23(21)31)16-8-25-18-4-2-1-3-14(16)18/h1-8,10,13,25,28-29H,9,11H2,(H,26,30,31). The summed E-state index contributed by atoms with van der Waals surface area (Å²) < 4.78 is 15.7. The Bertz CT molecular complexity index is 1400. The van der Waals surface area contributed by atoms with Crippen LogP contribution in [0, 0.1) is 5.82 Å². The molecule has 156 valence electrons. The van der Waals surface area contributed by atoms with Gasteiger partial charge in [-0.2, -0.15) is 0 Å². The number of nitrogens with one attached hydrogen (secondary N) is 2. The van der Waals surface area contributed by atoms with E-state index >= 15 is 0 Å². The number of aliphatic hydroxyl groups is 2. The fourth-order valence-electron chi connectivity index (χ4n) is 4.15. The lowest BCUT2D eigenvalue weighted by molar-refractivity contribution is -0.122. The number of rotatable bonds is 5. The zero-order chi connectivity index (χ0) is 21.7. The molecule has 8 heteroatoms. The zero-order valence-corrected chi connectivity index (χ0v) is 16.2. The van der Waals surface area contributed by atoms with Crippen molar-refractivity contribution >= 4 is 44.8 Å². The van der Waals surface area contributed by atoms with Gasteiger partial charge in [-0.05, 0) is 24.3 Å². The van der Waals surface area contributed by atoms with E-state index in [1.807, 2.05) is 24.3 Å². The summed E-state index contributed by atoms with van der Waals surface area (Å²) >= 11 is 0. The number of amides is 2. The van der Waals surface area contributed by atoms with Crippen molar-refractivity contribution in [3.63, 3.8) is 0 Å². The van der Waals surface area contributed by atoms with Crippen LogP contribution in [0.4, 0.5) is 4.39 Å². The first-order chi connectivity index (χ1) is 15.0. The predicted octanol–water partition coefficient (Wildman–Crippen LogP) is 2.18. The number of para-hydroxylation sites is 1. The number of hydrogen-bond donors (Lipinski definition) is 4. The highest BCUT2D eigenvalue weighted by molar-refractivity contribution is 6.50. The highest BCUT2D eigenvalue weighted by Gasteiger charge is 2.35. The summed E-state index contributed by atoms with van der Waals surface area (Å²) in [6.45, 7) is -0.400. The second-order valence-corrected chi connectivity index (χ2v) is 7.47. The van der Waals surface area contributed by atoms with Crippen LogP contribution < -0.4 is 5.32 Å². The van der Waals surface area contributed by atoms with Crippen LogP contribution in [0.15, 0.2) is 54.9 Å². The van der Waals surface area contributed by atoms with Gasteiger partial charge in [0.25, 0.3) is 11.8 Å². The Morgan fingerprint density at radius 3 is 2.52 bits per heavy atom. The molecule has 1 unspecified atom stereocenters. The minimum Gasteiger partial charge on any atom is -0.394 e. The third-order valence-electron chi connectivity index (χ3n) is 5.52. The van der Waals surface area contributed by atoms with Gasteiger partial charge in [-0.25, -0.2) is 4.39 Å². The number of aliphatic hydroxyl groups excluding tert-OH is 2. The van der Waals surface area contributed by atoms with Crippen molar-refractivity contribution < 1.29 is 24.2 Å². The number of imide groups is 1. The zero-order valence-electron chi connectivity index (χ0n) is 16.2. The molecule has 31 heavy (non-hydrogen) atoms. The maximum absolute atomic E-state index is 14.1. The number of hydrogen-bond acceptors (Lipinski definition) is 4. The van der Waals surface area contributed by atoms with E-state index < -0.39 is 30.3 Å². The smallest absolute Gasteiger partial charge is 0.259 e. The van der Waals surface area contributed by atoms with Crippen LogP contribution in [0.1, 0.15) is 11.1 Å². The maximum Gasteiger partial charge on any atom is 0.259 e. The average molecular weight is 419 g/mol. The number of H-pyrrole nitrogens is 1. The highest BCUT2D eigenvalue weighted by Crippen LogP contribution is 2.38. The molecule has 2 aromatic carbocycles. The van der Waals surface area contributed by atoms with Crippen LogP contribution >= 0.6 is 0 Å². The lowest BCUT2D eigenvalue weighted by Gasteiger charge is -2.09. The number of carbonyl (C=O) groups excluding carboxylic acids is 2. The van der Waals surface area contributed by atoms with Crippen molar-refractivity contribution in [2.24, 2.45) is 0 Å². The summed E-state index contributed by atoms with van der Waals surface area (Å²) in [6.07, 6.45) is 2.24. The van der Waals surface area contributed by atoms with Crippen molar-refractivity contribution in [2.45, 2.75) is 12.6 Å². The first-order valence-electron chi connectivity index (χ1n) is 9.72. The lowest BCUT2D eigenvalue weighted by Crippen LogP contribution is -2.22. The normalized spacial score (nSPS) is 15.3. The van der Waals surface area contributed by atoms with Crippen molar-refractivity contribution in [1.82, 2.24) is 14.9 Å². The molecule has 0 fully saturated rings. The van der Waals surface area contributed by atoms with E-state index in [-0.39, 0.29) is 17.7 Å². The second-order valence-electron chi connectivity index (χ2n) is 7.47. The van der Waals surface area contributed by atoms with E-state index in [2.05, 4.69) is 10.3 Å². The summed E-state index contributed by atoms with van der Waals surface area (Å²) in [5, 5.41) is 22.7. The number of aromatic amines is 1. The molecule has 0 bridgehead atoms. The molecule has 0 spiro atoms. The van der Waals surface area contributed by atoms with Crippen LogP contribution in [-0.2, 0) is 16.1 Å². The molecule has 2 amide bonds. The van der Waals surface area contributed by atoms with Gasteiger partial charge in [0.2, 0.25) is 0 Å². The molecule has 3 heterocycles. The third-order valence-corrected chi connectivity index (χ3v) is 5.52. The third kappa shape index (κ3) is 3.04. The van der Waals surface area contributed by atoms with Gasteiger partial charge in [-0.1, -0.05) is 18.2 Å². The molecule has 4 N–H and O–H groups in total. The quantitative estimate of drug-likeness (QED) is 0.372. The molecular formula is C23H18FN3O4. The highest BCUT2D eigenvalue weighted by atomic mass is 19.1. The van der Waals surface area contributed by atoms with Crippen molar-refractivity contribution in [2.75, 3.05) is 6.61 Å². The minimum atomic E-state index is -1.03. The van der Waals surface area contributed by atoms with Crippen LogP contribution in [0.5, 0.6) is 0 Å². The molecule has 1 aliphatic heterocycles.